The number of aryl methyl sites for hydroxylation is 1. The molecule has 0 aliphatic heterocycles. The molecule has 0 spiro atoms. The Hall–Kier alpha value is -3.62. The fourth-order valence-corrected chi connectivity index (χ4v) is 2.38. The first-order valence-electron chi connectivity index (χ1n) is 8.70. The van der Waals surface area contributed by atoms with Gasteiger partial charge in [0.05, 0.1) is 24.4 Å². The van der Waals surface area contributed by atoms with Crippen molar-refractivity contribution in [3.05, 3.63) is 57.6 Å². The molecule has 0 bridgehead atoms. The number of nitro benzene ring substituents is 1. The summed E-state index contributed by atoms with van der Waals surface area (Å²) in [6, 6.07) is 9.50. The third-order valence-corrected chi connectivity index (χ3v) is 3.65. The zero-order valence-corrected chi connectivity index (χ0v) is 15.9. The highest BCUT2D eigenvalue weighted by Crippen LogP contribution is 2.34. The van der Waals surface area contributed by atoms with E-state index in [0.29, 0.717) is 23.6 Å². The van der Waals surface area contributed by atoms with Crippen molar-refractivity contribution in [1.82, 2.24) is 5.43 Å². The van der Waals surface area contributed by atoms with Crippen LogP contribution in [-0.4, -0.2) is 30.4 Å². The third-order valence-electron chi connectivity index (χ3n) is 3.65. The number of hydrogen-bond acceptors (Lipinski definition) is 6. The molecular formula is C19H22N4O5. The van der Waals surface area contributed by atoms with Gasteiger partial charge in [-0.25, -0.2) is 10.2 Å². The average Bonchev–Trinajstić information content (AvgIpc) is 2.65. The lowest BCUT2D eigenvalue weighted by molar-refractivity contribution is -0.385. The van der Waals surface area contributed by atoms with E-state index in [0.717, 1.165) is 5.56 Å². The number of urea groups is 1. The maximum Gasteiger partial charge on any atom is 0.339 e. The van der Waals surface area contributed by atoms with Crippen LogP contribution in [0, 0.1) is 17.0 Å². The van der Waals surface area contributed by atoms with E-state index in [2.05, 4.69) is 15.8 Å². The maximum atomic E-state index is 12.0. The van der Waals surface area contributed by atoms with E-state index in [1.54, 1.807) is 26.0 Å². The Labute approximate surface area is 162 Å². The molecule has 0 fully saturated rings. The van der Waals surface area contributed by atoms with Crippen LogP contribution < -0.4 is 20.2 Å². The molecular weight excluding hydrogens is 364 g/mol. The Morgan fingerprint density at radius 2 is 1.86 bits per heavy atom. The first kappa shape index (κ1) is 20.7. The molecule has 2 rings (SSSR count). The molecule has 9 heteroatoms. The second-order valence-electron chi connectivity index (χ2n) is 5.62. The van der Waals surface area contributed by atoms with Crippen LogP contribution in [0.2, 0.25) is 0 Å². The van der Waals surface area contributed by atoms with Crippen LogP contribution in [-0.2, 0) is 0 Å². The summed E-state index contributed by atoms with van der Waals surface area (Å²) in [5, 5.41) is 17.8. The van der Waals surface area contributed by atoms with Gasteiger partial charge in [0.2, 0.25) is 5.75 Å². The van der Waals surface area contributed by atoms with E-state index in [-0.39, 0.29) is 18.0 Å². The lowest BCUT2D eigenvalue weighted by Crippen LogP contribution is -2.24. The number of nitro groups is 1. The first-order valence-corrected chi connectivity index (χ1v) is 8.70. The second-order valence-corrected chi connectivity index (χ2v) is 5.62. The van der Waals surface area contributed by atoms with Crippen molar-refractivity contribution in [3.63, 3.8) is 0 Å². The van der Waals surface area contributed by atoms with Crippen molar-refractivity contribution in [1.29, 1.82) is 0 Å². The molecule has 2 amide bonds. The highest BCUT2D eigenvalue weighted by atomic mass is 16.6. The van der Waals surface area contributed by atoms with Crippen LogP contribution in [0.5, 0.6) is 11.5 Å². The average molecular weight is 386 g/mol. The fraction of sp³-hybridized carbons (Fsp3) is 0.263. The van der Waals surface area contributed by atoms with Crippen LogP contribution in [0.1, 0.15) is 25.0 Å². The van der Waals surface area contributed by atoms with E-state index in [9.17, 15) is 14.9 Å². The molecule has 2 N–H and O–H groups in total. The zero-order valence-electron chi connectivity index (χ0n) is 15.9. The number of amides is 2. The highest BCUT2D eigenvalue weighted by molar-refractivity contribution is 5.92. The highest BCUT2D eigenvalue weighted by Gasteiger charge is 2.19. The van der Waals surface area contributed by atoms with Crippen LogP contribution in [0.25, 0.3) is 0 Å². The Bertz CT molecular complexity index is 883. The summed E-state index contributed by atoms with van der Waals surface area (Å²) in [5.74, 6) is 0.472. The SMILES string of the molecule is CCOc1cc(OCC)c([N+](=O)[O-])cc1/C=N\NC(=O)Nc1ccccc1C. The predicted octanol–water partition coefficient (Wildman–Crippen LogP) is 3.86. The number of anilines is 1. The van der Waals surface area contributed by atoms with E-state index in [1.165, 1.54) is 18.3 Å². The second kappa shape index (κ2) is 9.91. The van der Waals surface area contributed by atoms with Gasteiger partial charge in [0, 0.05) is 23.4 Å². The minimum absolute atomic E-state index is 0.110. The summed E-state index contributed by atoms with van der Waals surface area (Å²) >= 11 is 0. The van der Waals surface area contributed by atoms with Gasteiger partial charge in [0.1, 0.15) is 5.75 Å². The Morgan fingerprint density at radius 1 is 1.18 bits per heavy atom. The van der Waals surface area contributed by atoms with Gasteiger partial charge < -0.3 is 14.8 Å². The van der Waals surface area contributed by atoms with Crippen molar-refractivity contribution in [2.24, 2.45) is 5.10 Å². The molecule has 0 aromatic heterocycles. The number of ether oxygens (including phenoxy) is 2. The summed E-state index contributed by atoms with van der Waals surface area (Å²) < 4.78 is 10.8. The molecule has 0 aliphatic carbocycles. The number of para-hydroxylation sites is 1. The first-order chi connectivity index (χ1) is 13.5. The summed E-state index contributed by atoms with van der Waals surface area (Å²) in [6.07, 6.45) is 1.28. The topological polar surface area (TPSA) is 115 Å². The van der Waals surface area contributed by atoms with Gasteiger partial charge >= 0.3 is 11.7 Å². The lowest BCUT2D eigenvalue weighted by Gasteiger charge is -2.11. The van der Waals surface area contributed by atoms with Gasteiger partial charge in [-0.2, -0.15) is 5.10 Å². The smallest absolute Gasteiger partial charge is 0.339 e. The summed E-state index contributed by atoms with van der Waals surface area (Å²) in [4.78, 5) is 22.7. The lowest BCUT2D eigenvalue weighted by atomic mass is 10.1. The zero-order chi connectivity index (χ0) is 20.5. The van der Waals surface area contributed by atoms with Crippen molar-refractivity contribution < 1.29 is 19.2 Å². The number of carbonyl (C=O) groups is 1. The van der Waals surface area contributed by atoms with Crippen LogP contribution >= 0.6 is 0 Å². The molecule has 28 heavy (non-hydrogen) atoms. The third kappa shape index (κ3) is 5.44. The minimum Gasteiger partial charge on any atom is -0.493 e. The summed E-state index contributed by atoms with van der Waals surface area (Å²) in [6.45, 7) is 6.02. The monoisotopic (exact) mass is 386 g/mol. The molecule has 0 unspecified atom stereocenters. The number of benzene rings is 2. The summed E-state index contributed by atoms with van der Waals surface area (Å²) in [7, 11) is 0. The normalized spacial score (nSPS) is 10.5. The summed E-state index contributed by atoms with van der Waals surface area (Å²) in [5.41, 5.74) is 4.02. The van der Waals surface area contributed by atoms with Gasteiger partial charge in [-0.05, 0) is 32.4 Å². The number of nitrogens with zero attached hydrogens (tertiary/aromatic N) is 2. The quantitative estimate of drug-likeness (QED) is 0.406. The van der Waals surface area contributed by atoms with Gasteiger partial charge in [-0.15, -0.1) is 0 Å². The molecule has 0 saturated carbocycles. The molecule has 0 saturated heterocycles. The Balaban J connectivity index is 2.18. The van der Waals surface area contributed by atoms with Crippen LogP contribution in [0.15, 0.2) is 41.5 Å². The largest absolute Gasteiger partial charge is 0.493 e. The number of carbonyl (C=O) groups excluding carboxylic acids is 1. The maximum absolute atomic E-state index is 12.0. The fourth-order valence-electron chi connectivity index (χ4n) is 2.38. The Morgan fingerprint density at radius 3 is 2.50 bits per heavy atom. The number of rotatable bonds is 8. The molecule has 2 aromatic carbocycles. The predicted molar refractivity (Wildman–Crippen MR) is 106 cm³/mol. The van der Waals surface area contributed by atoms with Gasteiger partial charge in [0.25, 0.3) is 0 Å². The minimum atomic E-state index is -0.545. The van der Waals surface area contributed by atoms with Gasteiger partial charge in [0.15, 0.2) is 0 Å². The van der Waals surface area contributed by atoms with Crippen molar-refractivity contribution >= 4 is 23.6 Å². The molecule has 0 aliphatic rings. The van der Waals surface area contributed by atoms with E-state index in [1.807, 2.05) is 19.1 Å². The Kier molecular flexibility index (Phi) is 7.32. The molecule has 2 aromatic rings. The van der Waals surface area contributed by atoms with E-state index >= 15 is 0 Å². The van der Waals surface area contributed by atoms with Gasteiger partial charge in [-0.1, -0.05) is 18.2 Å². The number of hydrogen-bond donors (Lipinski definition) is 2. The standard InChI is InChI=1S/C19H22N4O5/c1-4-27-17-11-18(28-5-2)16(23(25)26)10-14(17)12-20-22-19(24)21-15-9-7-6-8-13(15)3/h6-12H,4-5H2,1-3H3,(H2,21,22,24)/b20-12-. The van der Waals surface area contributed by atoms with E-state index in [4.69, 9.17) is 9.47 Å². The number of hydrazone groups is 1. The van der Waals surface area contributed by atoms with E-state index < -0.39 is 11.0 Å². The van der Waals surface area contributed by atoms with Gasteiger partial charge in [-0.3, -0.25) is 10.1 Å². The molecule has 0 radical (unpaired) electrons. The van der Waals surface area contributed by atoms with Crippen LogP contribution in [0.3, 0.4) is 0 Å². The molecule has 9 nitrogen and oxygen atoms in total. The van der Waals surface area contributed by atoms with Crippen LogP contribution in [0.4, 0.5) is 16.2 Å². The molecule has 148 valence electrons. The number of nitrogens with one attached hydrogen (secondary N) is 2. The van der Waals surface area contributed by atoms with Crippen molar-refractivity contribution in [2.75, 3.05) is 18.5 Å². The van der Waals surface area contributed by atoms with Crippen molar-refractivity contribution in [3.8, 4) is 11.5 Å². The molecule has 0 atom stereocenters. The van der Waals surface area contributed by atoms with Crippen molar-refractivity contribution in [2.45, 2.75) is 20.8 Å². The molecule has 0 heterocycles.